The third-order valence-electron chi connectivity index (χ3n) is 2.47. The molecule has 2 heteroatoms. The minimum atomic E-state index is 0.283. The number of hydrogen-bond donors (Lipinski definition) is 2. The van der Waals surface area contributed by atoms with Gasteiger partial charge in [0.15, 0.2) is 0 Å². The van der Waals surface area contributed by atoms with Crippen LogP contribution in [0.1, 0.15) is 5.56 Å². The van der Waals surface area contributed by atoms with Crippen LogP contribution in [0.2, 0.25) is 0 Å². The van der Waals surface area contributed by atoms with Crippen molar-refractivity contribution >= 4 is 5.69 Å². The van der Waals surface area contributed by atoms with Crippen LogP contribution in [0.15, 0.2) is 42.5 Å². The Morgan fingerprint density at radius 1 is 0.933 bits per heavy atom. The molecule has 0 spiro atoms. The second kappa shape index (κ2) is 3.65. The molecule has 2 aromatic rings. The van der Waals surface area contributed by atoms with E-state index >= 15 is 0 Å². The first-order chi connectivity index (χ1) is 7.16. The smallest absolute Gasteiger partial charge is 0.115 e. The monoisotopic (exact) mass is 199 g/mol. The summed E-state index contributed by atoms with van der Waals surface area (Å²) in [4.78, 5) is 0. The molecule has 0 fully saturated rings. The van der Waals surface area contributed by atoms with Crippen molar-refractivity contribution in [2.24, 2.45) is 0 Å². The summed E-state index contributed by atoms with van der Waals surface area (Å²) in [7, 11) is 0. The summed E-state index contributed by atoms with van der Waals surface area (Å²) in [5.41, 5.74) is 9.82. The standard InChI is InChI=1S/C13H13NO/c1-9-8-11(4-7-13(9)14)10-2-5-12(15)6-3-10/h2-8,15H,14H2,1H3. The fourth-order valence-corrected chi connectivity index (χ4v) is 1.51. The lowest BCUT2D eigenvalue weighted by atomic mass is 10.0. The predicted octanol–water partition coefficient (Wildman–Crippen LogP) is 2.95. The number of aromatic hydroxyl groups is 1. The average molecular weight is 199 g/mol. The highest BCUT2D eigenvalue weighted by Gasteiger charge is 1.99. The fraction of sp³-hybridized carbons (Fsp3) is 0.0769. The molecule has 0 aliphatic carbocycles. The van der Waals surface area contributed by atoms with Gasteiger partial charge in [-0.25, -0.2) is 0 Å². The number of nitrogen functional groups attached to an aromatic ring is 1. The highest BCUT2D eigenvalue weighted by molar-refractivity contribution is 5.68. The Balaban J connectivity index is 2.45. The SMILES string of the molecule is Cc1cc(-c2ccc(O)cc2)ccc1N. The molecule has 0 amide bonds. The van der Waals surface area contributed by atoms with Gasteiger partial charge in [0.1, 0.15) is 5.75 Å². The van der Waals surface area contributed by atoms with E-state index in [1.54, 1.807) is 12.1 Å². The Kier molecular flexibility index (Phi) is 2.34. The Labute approximate surface area is 89.0 Å². The normalized spacial score (nSPS) is 10.2. The minimum absolute atomic E-state index is 0.283. The number of phenols is 1. The van der Waals surface area contributed by atoms with Gasteiger partial charge in [-0.15, -0.1) is 0 Å². The molecule has 0 saturated heterocycles. The molecule has 0 aromatic heterocycles. The molecule has 0 aliphatic heterocycles. The molecule has 0 aliphatic rings. The van der Waals surface area contributed by atoms with E-state index in [1.165, 1.54) is 0 Å². The first-order valence-electron chi connectivity index (χ1n) is 4.82. The van der Waals surface area contributed by atoms with E-state index in [9.17, 15) is 5.11 Å². The maximum Gasteiger partial charge on any atom is 0.115 e. The van der Waals surface area contributed by atoms with Crippen molar-refractivity contribution in [2.45, 2.75) is 6.92 Å². The van der Waals surface area contributed by atoms with Gasteiger partial charge >= 0.3 is 0 Å². The largest absolute Gasteiger partial charge is 0.508 e. The quantitative estimate of drug-likeness (QED) is 0.693. The van der Waals surface area contributed by atoms with Crippen LogP contribution in [0.3, 0.4) is 0 Å². The van der Waals surface area contributed by atoms with Gasteiger partial charge < -0.3 is 10.8 Å². The Morgan fingerprint density at radius 2 is 1.53 bits per heavy atom. The van der Waals surface area contributed by atoms with E-state index in [0.29, 0.717) is 0 Å². The second-order valence-corrected chi connectivity index (χ2v) is 3.62. The van der Waals surface area contributed by atoms with Gasteiger partial charge in [-0.3, -0.25) is 0 Å². The number of hydrogen-bond acceptors (Lipinski definition) is 2. The number of rotatable bonds is 1. The Hall–Kier alpha value is -1.96. The summed E-state index contributed by atoms with van der Waals surface area (Å²) >= 11 is 0. The van der Waals surface area contributed by atoms with Crippen LogP contribution in [-0.4, -0.2) is 5.11 Å². The first kappa shape index (κ1) is 9.59. The zero-order chi connectivity index (χ0) is 10.8. The maximum absolute atomic E-state index is 9.18. The molecule has 76 valence electrons. The topological polar surface area (TPSA) is 46.2 Å². The van der Waals surface area contributed by atoms with Crippen molar-refractivity contribution in [3.05, 3.63) is 48.0 Å². The average Bonchev–Trinajstić information content (AvgIpc) is 2.23. The predicted molar refractivity (Wildman–Crippen MR) is 62.7 cm³/mol. The lowest BCUT2D eigenvalue weighted by Crippen LogP contribution is -1.89. The van der Waals surface area contributed by atoms with Gasteiger partial charge in [0.05, 0.1) is 0 Å². The van der Waals surface area contributed by atoms with Gasteiger partial charge in [-0.1, -0.05) is 18.2 Å². The lowest BCUT2D eigenvalue weighted by Gasteiger charge is -2.05. The van der Waals surface area contributed by atoms with Crippen molar-refractivity contribution in [3.63, 3.8) is 0 Å². The second-order valence-electron chi connectivity index (χ2n) is 3.62. The summed E-state index contributed by atoms with van der Waals surface area (Å²) in [6, 6.07) is 13.1. The highest BCUT2D eigenvalue weighted by atomic mass is 16.3. The van der Waals surface area contributed by atoms with Gasteiger partial charge in [0.25, 0.3) is 0 Å². The molecular formula is C13H13NO. The van der Waals surface area contributed by atoms with Crippen LogP contribution in [0.25, 0.3) is 11.1 Å². The molecule has 2 aromatic carbocycles. The number of nitrogens with two attached hydrogens (primary N) is 1. The van der Waals surface area contributed by atoms with Gasteiger partial charge in [0.2, 0.25) is 0 Å². The summed E-state index contributed by atoms with van der Waals surface area (Å²) in [6.45, 7) is 1.99. The Morgan fingerprint density at radius 3 is 2.13 bits per heavy atom. The molecule has 0 saturated carbocycles. The van der Waals surface area contributed by atoms with Crippen molar-refractivity contribution < 1.29 is 5.11 Å². The van der Waals surface area contributed by atoms with E-state index in [2.05, 4.69) is 0 Å². The van der Waals surface area contributed by atoms with Crippen LogP contribution in [0.4, 0.5) is 5.69 Å². The highest BCUT2D eigenvalue weighted by Crippen LogP contribution is 2.24. The summed E-state index contributed by atoms with van der Waals surface area (Å²) < 4.78 is 0. The van der Waals surface area contributed by atoms with Gasteiger partial charge in [0, 0.05) is 5.69 Å². The minimum Gasteiger partial charge on any atom is -0.508 e. The Bertz CT molecular complexity index is 474. The van der Waals surface area contributed by atoms with Gasteiger partial charge in [-0.2, -0.15) is 0 Å². The first-order valence-corrected chi connectivity index (χ1v) is 4.82. The number of anilines is 1. The van der Waals surface area contributed by atoms with Crippen molar-refractivity contribution in [1.82, 2.24) is 0 Å². The zero-order valence-corrected chi connectivity index (χ0v) is 8.57. The number of benzene rings is 2. The number of aryl methyl sites for hydroxylation is 1. The summed E-state index contributed by atoms with van der Waals surface area (Å²) in [5.74, 6) is 0.283. The van der Waals surface area contributed by atoms with Gasteiger partial charge in [-0.05, 0) is 47.9 Å². The van der Waals surface area contributed by atoms with E-state index in [-0.39, 0.29) is 5.75 Å². The van der Waals surface area contributed by atoms with E-state index in [1.807, 2.05) is 37.3 Å². The molecular weight excluding hydrogens is 186 g/mol. The molecule has 2 nitrogen and oxygen atoms in total. The van der Waals surface area contributed by atoms with E-state index in [0.717, 1.165) is 22.4 Å². The summed E-state index contributed by atoms with van der Waals surface area (Å²) in [6.07, 6.45) is 0. The molecule has 3 N–H and O–H groups in total. The maximum atomic E-state index is 9.18. The van der Waals surface area contributed by atoms with E-state index < -0.39 is 0 Å². The summed E-state index contributed by atoms with van der Waals surface area (Å²) in [5, 5.41) is 9.18. The molecule has 15 heavy (non-hydrogen) atoms. The van der Waals surface area contributed by atoms with Crippen LogP contribution in [0, 0.1) is 6.92 Å². The van der Waals surface area contributed by atoms with Crippen molar-refractivity contribution in [3.8, 4) is 16.9 Å². The molecule has 0 radical (unpaired) electrons. The van der Waals surface area contributed by atoms with Crippen LogP contribution in [-0.2, 0) is 0 Å². The van der Waals surface area contributed by atoms with Crippen LogP contribution >= 0.6 is 0 Å². The van der Waals surface area contributed by atoms with Crippen molar-refractivity contribution in [1.29, 1.82) is 0 Å². The number of phenolic OH excluding ortho intramolecular Hbond substituents is 1. The molecule has 2 rings (SSSR count). The third kappa shape index (κ3) is 1.94. The third-order valence-corrected chi connectivity index (χ3v) is 2.47. The van der Waals surface area contributed by atoms with Crippen LogP contribution < -0.4 is 5.73 Å². The molecule has 0 unspecified atom stereocenters. The zero-order valence-electron chi connectivity index (χ0n) is 8.57. The van der Waals surface area contributed by atoms with Crippen molar-refractivity contribution in [2.75, 3.05) is 5.73 Å². The fourth-order valence-electron chi connectivity index (χ4n) is 1.51. The lowest BCUT2D eigenvalue weighted by molar-refractivity contribution is 0.475. The van der Waals surface area contributed by atoms with Crippen LogP contribution in [0.5, 0.6) is 5.75 Å². The molecule has 0 heterocycles. The molecule has 0 bridgehead atoms. The molecule has 0 atom stereocenters. The van der Waals surface area contributed by atoms with E-state index in [4.69, 9.17) is 5.73 Å².